The van der Waals surface area contributed by atoms with Crippen molar-refractivity contribution in [3.63, 3.8) is 0 Å². The van der Waals surface area contributed by atoms with Crippen molar-refractivity contribution in [1.29, 1.82) is 0 Å². The lowest BCUT2D eigenvalue weighted by atomic mass is 9.99. The third-order valence-electron chi connectivity index (χ3n) is 4.24. The monoisotopic (exact) mass is 320 g/mol. The largest absolute Gasteiger partial charge is 0.355 e. The van der Waals surface area contributed by atoms with Crippen molar-refractivity contribution >= 4 is 17.7 Å². The summed E-state index contributed by atoms with van der Waals surface area (Å²) in [6, 6.07) is 8.31. The van der Waals surface area contributed by atoms with Crippen LogP contribution in [-0.2, 0) is 4.79 Å². The molecule has 1 aromatic carbocycles. The number of nitrogens with zero attached hydrogens (tertiary/aromatic N) is 1. The highest BCUT2D eigenvalue weighted by Crippen LogP contribution is 2.18. The highest BCUT2D eigenvalue weighted by molar-refractivity contribution is 8.00. The van der Waals surface area contributed by atoms with E-state index in [0.717, 1.165) is 30.3 Å². The quantitative estimate of drug-likeness (QED) is 0.618. The molecule has 0 saturated carbocycles. The van der Waals surface area contributed by atoms with E-state index in [2.05, 4.69) is 48.3 Å². The molecule has 1 aliphatic rings. The molecule has 1 heterocycles. The number of hydrogen-bond acceptors (Lipinski definition) is 3. The van der Waals surface area contributed by atoms with Crippen LogP contribution in [0.1, 0.15) is 31.7 Å². The summed E-state index contributed by atoms with van der Waals surface area (Å²) in [6.07, 6.45) is 3.69. The highest BCUT2D eigenvalue weighted by atomic mass is 32.2. The molecule has 1 aromatic rings. The molecule has 1 fully saturated rings. The summed E-state index contributed by atoms with van der Waals surface area (Å²) < 4.78 is 0. The van der Waals surface area contributed by atoms with Crippen LogP contribution in [0.3, 0.4) is 0 Å². The summed E-state index contributed by atoms with van der Waals surface area (Å²) in [6.45, 7) is 8.75. The topological polar surface area (TPSA) is 32.3 Å². The van der Waals surface area contributed by atoms with Gasteiger partial charge in [-0.1, -0.05) is 24.6 Å². The van der Waals surface area contributed by atoms with Gasteiger partial charge in [-0.2, -0.15) is 0 Å². The first-order valence-electron chi connectivity index (χ1n) is 8.32. The molecule has 0 atom stereocenters. The first kappa shape index (κ1) is 17.4. The van der Waals surface area contributed by atoms with E-state index in [1.54, 1.807) is 11.8 Å². The second-order valence-corrected chi connectivity index (χ2v) is 7.38. The first-order chi connectivity index (χ1) is 10.6. The summed E-state index contributed by atoms with van der Waals surface area (Å²) in [5.41, 5.74) is 1.25. The Kier molecular flexibility index (Phi) is 7.26. The van der Waals surface area contributed by atoms with Gasteiger partial charge in [-0.25, -0.2) is 0 Å². The Morgan fingerprint density at radius 1 is 1.27 bits per heavy atom. The number of piperidine rings is 1. The molecule has 1 aliphatic heterocycles. The fourth-order valence-corrected chi connectivity index (χ4v) is 3.38. The zero-order valence-electron chi connectivity index (χ0n) is 13.8. The maximum atomic E-state index is 11.8. The highest BCUT2D eigenvalue weighted by Gasteiger charge is 2.14. The average Bonchev–Trinajstić information content (AvgIpc) is 2.53. The van der Waals surface area contributed by atoms with E-state index in [9.17, 15) is 4.79 Å². The Labute approximate surface area is 138 Å². The second kappa shape index (κ2) is 9.21. The van der Waals surface area contributed by atoms with Crippen molar-refractivity contribution in [2.24, 2.45) is 5.92 Å². The predicted octanol–water partition coefficient (Wildman–Crippen LogP) is 3.33. The number of amides is 1. The van der Waals surface area contributed by atoms with Gasteiger partial charge in [0.25, 0.3) is 0 Å². The molecule has 1 amide bonds. The third kappa shape index (κ3) is 6.41. The van der Waals surface area contributed by atoms with Crippen molar-refractivity contribution in [3.05, 3.63) is 29.8 Å². The van der Waals surface area contributed by atoms with Crippen LogP contribution < -0.4 is 5.32 Å². The molecule has 0 aromatic heterocycles. The van der Waals surface area contributed by atoms with E-state index in [-0.39, 0.29) is 5.91 Å². The summed E-state index contributed by atoms with van der Waals surface area (Å²) in [4.78, 5) is 15.5. The molecule has 122 valence electrons. The van der Waals surface area contributed by atoms with Crippen LogP contribution in [0.5, 0.6) is 0 Å². The van der Waals surface area contributed by atoms with Gasteiger partial charge in [0, 0.05) is 11.4 Å². The number of hydrogen-bond donors (Lipinski definition) is 1. The molecule has 4 heteroatoms. The van der Waals surface area contributed by atoms with Gasteiger partial charge in [-0.05, 0) is 63.9 Å². The third-order valence-corrected chi connectivity index (χ3v) is 5.25. The van der Waals surface area contributed by atoms with Crippen LogP contribution in [0, 0.1) is 12.8 Å². The molecule has 1 saturated heterocycles. The van der Waals surface area contributed by atoms with Crippen LogP contribution in [-0.4, -0.2) is 42.7 Å². The molecule has 0 unspecified atom stereocenters. The standard InChI is InChI=1S/C18H28N2OS/c1-15-4-6-17(7-5-15)22-14-18(21)19-10-3-11-20-12-8-16(2)9-13-20/h4-7,16H,3,8-14H2,1-2H3,(H,19,21). The molecule has 3 nitrogen and oxygen atoms in total. The SMILES string of the molecule is Cc1ccc(SCC(=O)NCCCN2CCC(C)CC2)cc1. The zero-order chi connectivity index (χ0) is 15.8. The van der Waals surface area contributed by atoms with E-state index in [4.69, 9.17) is 0 Å². The Morgan fingerprint density at radius 2 is 1.95 bits per heavy atom. The van der Waals surface area contributed by atoms with E-state index in [0.29, 0.717) is 5.75 Å². The minimum Gasteiger partial charge on any atom is -0.355 e. The number of likely N-dealkylation sites (tertiary alicyclic amines) is 1. The fraction of sp³-hybridized carbons (Fsp3) is 0.611. The minimum atomic E-state index is 0.137. The zero-order valence-corrected chi connectivity index (χ0v) is 14.6. The Bertz CT molecular complexity index is 453. The van der Waals surface area contributed by atoms with Gasteiger partial charge < -0.3 is 10.2 Å². The van der Waals surface area contributed by atoms with E-state index in [1.165, 1.54) is 31.5 Å². The molecule has 1 N–H and O–H groups in total. The number of benzene rings is 1. The number of carbonyl (C=O) groups excluding carboxylic acids is 1. The van der Waals surface area contributed by atoms with E-state index >= 15 is 0 Å². The molecule has 2 rings (SSSR count). The number of nitrogens with one attached hydrogen (secondary N) is 1. The Balaban J connectivity index is 1.53. The maximum Gasteiger partial charge on any atom is 0.230 e. The van der Waals surface area contributed by atoms with Gasteiger partial charge >= 0.3 is 0 Å². The van der Waals surface area contributed by atoms with Crippen molar-refractivity contribution < 1.29 is 4.79 Å². The average molecular weight is 321 g/mol. The van der Waals surface area contributed by atoms with Gasteiger partial charge in [0.15, 0.2) is 0 Å². The van der Waals surface area contributed by atoms with Crippen molar-refractivity contribution in [2.75, 3.05) is 31.9 Å². The van der Waals surface area contributed by atoms with E-state index in [1.807, 2.05) is 0 Å². The number of thioether (sulfide) groups is 1. The van der Waals surface area contributed by atoms with E-state index < -0.39 is 0 Å². The van der Waals surface area contributed by atoms with Gasteiger partial charge in [-0.15, -0.1) is 11.8 Å². The number of carbonyl (C=O) groups is 1. The van der Waals surface area contributed by atoms with Gasteiger partial charge in [0.1, 0.15) is 0 Å². The van der Waals surface area contributed by atoms with Crippen LogP contribution in [0.2, 0.25) is 0 Å². The van der Waals surface area contributed by atoms with Crippen molar-refractivity contribution in [1.82, 2.24) is 10.2 Å². The second-order valence-electron chi connectivity index (χ2n) is 6.33. The Hall–Kier alpha value is -1.00. The molecular weight excluding hydrogens is 292 g/mol. The van der Waals surface area contributed by atoms with Gasteiger partial charge in [0.05, 0.1) is 5.75 Å². The Morgan fingerprint density at radius 3 is 2.64 bits per heavy atom. The van der Waals surface area contributed by atoms with Gasteiger partial charge in [-0.3, -0.25) is 4.79 Å². The molecule has 0 spiro atoms. The molecule has 0 aliphatic carbocycles. The lowest BCUT2D eigenvalue weighted by Crippen LogP contribution is -2.35. The lowest BCUT2D eigenvalue weighted by Gasteiger charge is -2.30. The smallest absolute Gasteiger partial charge is 0.230 e. The van der Waals surface area contributed by atoms with Crippen molar-refractivity contribution in [3.8, 4) is 0 Å². The number of aryl methyl sites for hydroxylation is 1. The number of rotatable bonds is 7. The maximum absolute atomic E-state index is 11.8. The molecule has 22 heavy (non-hydrogen) atoms. The van der Waals surface area contributed by atoms with Crippen molar-refractivity contribution in [2.45, 2.75) is 38.0 Å². The summed E-state index contributed by atoms with van der Waals surface area (Å²) >= 11 is 1.60. The van der Waals surface area contributed by atoms with Crippen LogP contribution in [0.4, 0.5) is 0 Å². The minimum absolute atomic E-state index is 0.137. The normalized spacial score (nSPS) is 16.6. The molecule has 0 radical (unpaired) electrons. The fourth-order valence-electron chi connectivity index (χ4n) is 2.65. The first-order valence-corrected chi connectivity index (χ1v) is 9.30. The molecular formula is C18H28N2OS. The lowest BCUT2D eigenvalue weighted by molar-refractivity contribution is -0.118. The predicted molar refractivity (Wildman–Crippen MR) is 94.4 cm³/mol. The summed E-state index contributed by atoms with van der Waals surface area (Å²) in [5, 5.41) is 3.03. The van der Waals surface area contributed by atoms with Crippen LogP contribution in [0.15, 0.2) is 29.2 Å². The van der Waals surface area contributed by atoms with Crippen LogP contribution >= 0.6 is 11.8 Å². The molecule has 0 bridgehead atoms. The summed E-state index contributed by atoms with van der Waals surface area (Å²) in [5.74, 6) is 1.53. The van der Waals surface area contributed by atoms with Gasteiger partial charge in [0.2, 0.25) is 5.91 Å². The van der Waals surface area contributed by atoms with Crippen LogP contribution in [0.25, 0.3) is 0 Å². The summed E-state index contributed by atoms with van der Waals surface area (Å²) in [7, 11) is 0.